The second-order valence-corrected chi connectivity index (χ2v) is 5.95. The SMILES string of the molecule is CCc1nc2ccc(F)cn2c1C(=O)NCCC1=CCCCC1. The number of halogens is 1. The molecule has 0 aromatic carbocycles. The number of nitrogens with one attached hydrogen (secondary N) is 1. The maximum atomic E-state index is 13.5. The van der Waals surface area contributed by atoms with E-state index in [0.29, 0.717) is 30.0 Å². The molecular formula is C18H22FN3O. The Morgan fingerprint density at radius 2 is 2.26 bits per heavy atom. The number of carbonyl (C=O) groups is 1. The highest BCUT2D eigenvalue weighted by Gasteiger charge is 2.18. The molecule has 122 valence electrons. The Kier molecular flexibility index (Phi) is 4.74. The van der Waals surface area contributed by atoms with Crippen molar-refractivity contribution >= 4 is 11.6 Å². The van der Waals surface area contributed by atoms with Crippen LogP contribution in [0.5, 0.6) is 0 Å². The molecule has 23 heavy (non-hydrogen) atoms. The highest BCUT2D eigenvalue weighted by Crippen LogP contribution is 2.19. The van der Waals surface area contributed by atoms with E-state index in [2.05, 4.69) is 16.4 Å². The van der Waals surface area contributed by atoms with E-state index in [-0.39, 0.29) is 11.7 Å². The van der Waals surface area contributed by atoms with Gasteiger partial charge in [-0.3, -0.25) is 9.20 Å². The van der Waals surface area contributed by atoms with Crippen LogP contribution in [-0.4, -0.2) is 21.8 Å². The maximum absolute atomic E-state index is 13.5. The molecule has 0 atom stereocenters. The van der Waals surface area contributed by atoms with Gasteiger partial charge in [0.1, 0.15) is 17.2 Å². The highest BCUT2D eigenvalue weighted by atomic mass is 19.1. The molecule has 0 aliphatic heterocycles. The van der Waals surface area contributed by atoms with Gasteiger partial charge < -0.3 is 5.32 Å². The molecular weight excluding hydrogens is 293 g/mol. The topological polar surface area (TPSA) is 46.4 Å². The number of amides is 1. The lowest BCUT2D eigenvalue weighted by Crippen LogP contribution is -2.27. The minimum atomic E-state index is -0.376. The molecule has 0 bridgehead atoms. The zero-order valence-electron chi connectivity index (χ0n) is 13.4. The van der Waals surface area contributed by atoms with Gasteiger partial charge in [-0.25, -0.2) is 9.37 Å². The van der Waals surface area contributed by atoms with Crippen molar-refractivity contribution in [2.45, 2.75) is 45.4 Å². The molecule has 0 unspecified atom stereocenters. The van der Waals surface area contributed by atoms with Gasteiger partial charge in [-0.05, 0) is 50.7 Å². The van der Waals surface area contributed by atoms with E-state index in [4.69, 9.17) is 0 Å². The minimum absolute atomic E-state index is 0.184. The lowest BCUT2D eigenvalue weighted by molar-refractivity contribution is 0.0947. The van der Waals surface area contributed by atoms with Gasteiger partial charge in [0, 0.05) is 12.7 Å². The number of fused-ring (bicyclic) bond motifs is 1. The van der Waals surface area contributed by atoms with Crippen molar-refractivity contribution in [1.29, 1.82) is 0 Å². The Labute approximate surface area is 135 Å². The lowest BCUT2D eigenvalue weighted by Gasteiger charge is -2.13. The van der Waals surface area contributed by atoms with Crippen molar-refractivity contribution in [3.05, 3.63) is 47.2 Å². The number of carbonyl (C=O) groups excluding carboxylic acids is 1. The Balaban J connectivity index is 1.74. The van der Waals surface area contributed by atoms with Crippen molar-refractivity contribution in [3.8, 4) is 0 Å². The second kappa shape index (κ2) is 6.94. The van der Waals surface area contributed by atoms with Crippen LogP contribution in [0.15, 0.2) is 30.0 Å². The molecule has 5 heteroatoms. The summed E-state index contributed by atoms with van der Waals surface area (Å²) >= 11 is 0. The molecule has 0 radical (unpaired) electrons. The summed E-state index contributed by atoms with van der Waals surface area (Å²) in [5, 5.41) is 2.96. The van der Waals surface area contributed by atoms with Crippen LogP contribution >= 0.6 is 0 Å². The van der Waals surface area contributed by atoms with Gasteiger partial charge in [-0.1, -0.05) is 18.6 Å². The summed E-state index contributed by atoms with van der Waals surface area (Å²) in [4.78, 5) is 17.0. The van der Waals surface area contributed by atoms with Crippen LogP contribution in [0.1, 0.15) is 55.2 Å². The third-order valence-corrected chi connectivity index (χ3v) is 4.32. The molecule has 1 N–H and O–H groups in total. The summed E-state index contributed by atoms with van der Waals surface area (Å²) in [7, 11) is 0. The zero-order valence-corrected chi connectivity index (χ0v) is 13.4. The van der Waals surface area contributed by atoms with Crippen LogP contribution in [0.4, 0.5) is 4.39 Å². The molecule has 1 aliphatic rings. The van der Waals surface area contributed by atoms with Crippen LogP contribution in [0.3, 0.4) is 0 Å². The van der Waals surface area contributed by atoms with E-state index >= 15 is 0 Å². The van der Waals surface area contributed by atoms with E-state index in [1.165, 1.54) is 30.7 Å². The first-order valence-electron chi connectivity index (χ1n) is 8.31. The summed E-state index contributed by atoms with van der Waals surface area (Å²) < 4.78 is 15.0. The summed E-state index contributed by atoms with van der Waals surface area (Å²) in [6.45, 7) is 2.55. The second-order valence-electron chi connectivity index (χ2n) is 5.95. The Bertz CT molecular complexity index is 748. The molecule has 1 amide bonds. The fourth-order valence-electron chi connectivity index (χ4n) is 3.11. The molecule has 0 saturated heterocycles. The molecule has 3 rings (SSSR count). The van der Waals surface area contributed by atoms with Crippen LogP contribution in [0, 0.1) is 5.82 Å². The molecule has 4 nitrogen and oxygen atoms in total. The third-order valence-electron chi connectivity index (χ3n) is 4.32. The van der Waals surface area contributed by atoms with Gasteiger partial charge in [-0.2, -0.15) is 0 Å². The molecule has 0 fully saturated rings. The first-order chi connectivity index (χ1) is 11.2. The Morgan fingerprint density at radius 3 is 3.00 bits per heavy atom. The Morgan fingerprint density at radius 1 is 1.39 bits per heavy atom. The van der Waals surface area contributed by atoms with Crippen LogP contribution in [0.2, 0.25) is 0 Å². The van der Waals surface area contributed by atoms with Crippen molar-refractivity contribution in [2.24, 2.45) is 0 Å². The Hall–Kier alpha value is -2.17. The normalized spacial score (nSPS) is 14.8. The predicted molar refractivity (Wildman–Crippen MR) is 88.0 cm³/mol. The van der Waals surface area contributed by atoms with E-state index < -0.39 is 0 Å². The van der Waals surface area contributed by atoms with E-state index in [9.17, 15) is 9.18 Å². The van der Waals surface area contributed by atoms with Gasteiger partial charge in [0.05, 0.1) is 5.69 Å². The van der Waals surface area contributed by atoms with Crippen molar-refractivity contribution in [2.75, 3.05) is 6.54 Å². The van der Waals surface area contributed by atoms with Crippen molar-refractivity contribution in [3.63, 3.8) is 0 Å². The first-order valence-corrected chi connectivity index (χ1v) is 8.31. The van der Waals surface area contributed by atoms with E-state index in [1.54, 1.807) is 10.5 Å². The number of nitrogens with zero attached hydrogens (tertiary/aromatic N) is 2. The van der Waals surface area contributed by atoms with Gasteiger partial charge in [-0.15, -0.1) is 0 Å². The van der Waals surface area contributed by atoms with E-state index in [1.807, 2.05) is 6.92 Å². The number of imidazole rings is 1. The number of aryl methyl sites for hydroxylation is 1. The van der Waals surface area contributed by atoms with Gasteiger partial charge >= 0.3 is 0 Å². The summed E-state index contributed by atoms with van der Waals surface area (Å²) in [5.41, 5.74) is 3.17. The third kappa shape index (κ3) is 3.44. The average Bonchev–Trinajstić information content (AvgIpc) is 2.93. The summed E-state index contributed by atoms with van der Waals surface area (Å²) in [6, 6.07) is 2.96. The fourth-order valence-corrected chi connectivity index (χ4v) is 3.11. The maximum Gasteiger partial charge on any atom is 0.270 e. The zero-order chi connectivity index (χ0) is 16.2. The number of allylic oxidation sites excluding steroid dienone is 1. The molecule has 2 heterocycles. The average molecular weight is 315 g/mol. The van der Waals surface area contributed by atoms with Crippen LogP contribution in [-0.2, 0) is 6.42 Å². The number of aromatic nitrogens is 2. The standard InChI is InChI=1S/C18H22FN3O/c1-2-15-17(22-12-14(19)8-9-16(22)21-15)18(23)20-11-10-13-6-4-3-5-7-13/h6,8-9,12H,2-5,7,10-11H2,1H3,(H,20,23). The lowest BCUT2D eigenvalue weighted by atomic mass is 9.97. The molecule has 0 saturated carbocycles. The van der Waals surface area contributed by atoms with Gasteiger partial charge in [0.2, 0.25) is 0 Å². The van der Waals surface area contributed by atoms with Crippen LogP contribution in [0.25, 0.3) is 5.65 Å². The molecule has 2 aromatic rings. The summed E-state index contributed by atoms with van der Waals surface area (Å²) in [5.74, 6) is -0.560. The molecule has 1 aliphatic carbocycles. The first kappa shape index (κ1) is 15.7. The number of pyridine rings is 1. The van der Waals surface area contributed by atoms with E-state index in [0.717, 1.165) is 19.3 Å². The van der Waals surface area contributed by atoms with Crippen molar-refractivity contribution in [1.82, 2.24) is 14.7 Å². The van der Waals surface area contributed by atoms with Gasteiger partial charge in [0.25, 0.3) is 5.91 Å². The number of rotatable bonds is 5. The molecule has 0 spiro atoms. The minimum Gasteiger partial charge on any atom is -0.350 e. The molecule has 2 aromatic heterocycles. The smallest absolute Gasteiger partial charge is 0.270 e. The quantitative estimate of drug-likeness (QED) is 0.856. The fraction of sp³-hybridized carbons (Fsp3) is 0.444. The summed E-state index contributed by atoms with van der Waals surface area (Å²) in [6.07, 6.45) is 9.92. The van der Waals surface area contributed by atoms with Crippen LogP contribution < -0.4 is 5.32 Å². The monoisotopic (exact) mass is 315 g/mol. The largest absolute Gasteiger partial charge is 0.350 e. The van der Waals surface area contributed by atoms with Gasteiger partial charge in [0.15, 0.2) is 0 Å². The van der Waals surface area contributed by atoms with Crippen molar-refractivity contribution < 1.29 is 9.18 Å². The number of hydrogen-bond donors (Lipinski definition) is 1. The highest BCUT2D eigenvalue weighted by molar-refractivity contribution is 5.94. The predicted octanol–water partition coefficient (Wildman–Crippen LogP) is 3.66. The number of hydrogen-bond acceptors (Lipinski definition) is 2.